The van der Waals surface area contributed by atoms with Crippen molar-refractivity contribution in [2.45, 2.75) is 103 Å². The first-order chi connectivity index (χ1) is 10.9. The molecule has 0 unspecified atom stereocenters. The maximum absolute atomic E-state index is 6.79. The molecule has 1 rings (SSSR count). The first kappa shape index (κ1) is 20.9. The van der Waals surface area contributed by atoms with E-state index in [1.165, 1.54) is 18.1 Å². The molecule has 0 aromatic rings. The Labute approximate surface area is 146 Å². The minimum atomic E-state index is -1.67. The van der Waals surface area contributed by atoms with Crippen molar-refractivity contribution >= 4 is 16.6 Å². The van der Waals surface area contributed by atoms with Crippen LogP contribution in [0.15, 0.2) is 12.3 Å². The highest BCUT2D eigenvalue weighted by Crippen LogP contribution is 2.32. The normalized spacial score (nSPS) is 25.4. The van der Waals surface area contributed by atoms with Gasteiger partial charge < -0.3 is 13.6 Å². The van der Waals surface area contributed by atoms with E-state index in [1.54, 1.807) is 0 Å². The zero-order chi connectivity index (χ0) is 17.5. The second-order valence-electron chi connectivity index (χ2n) is 6.82. The van der Waals surface area contributed by atoms with Crippen molar-refractivity contribution in [3.63, 3.8) is 0 Å². The fourth-order valence-electron chi connectivity index (χ4n) is 3.55. The van der Waals surface area contributed by atoms with Gasteiger partial charge in [-0.3, -0.25) is 0 Å². The van der Waals surface area contributed by atoms with Crippen LogP contribution in [0.1, 0.15) is 48.5 Å². The minimum Gasteiger partial charge on any atom is -0.496 e. The lowest BCUT2D eigenvalue weighted by atomic mass is 10.1. The van der Waals surface area contributed by atoms with Gasteiger partial charge in [0, 0.05) is 0 Å². The zero-order valence-corrected chi connectivity index (χ0v) is 18.4. The van der Waals surface area contributed by atoms with Gasteiger partial charge >= 0.3 is 0 Å². The van der Waals surface area contributed by atoms with Crippen molar-refractivity contribution in [2.24, 2.45) is 0 Å². The quantitative estimate of drug-likeness (QED) is 0.469. The van der Waals surface area contributed by atoms with E-state index in [-0.39, 0.29) is 18.3 Å². The maximum atomic E-state index is 6.79. The lowest BCUT2D eigenvalue weighted by Gasteiger charge is -2.43. The van der Waals surface area contributed by atoms with Crippen molar-refractivity contribution in [1.82, 2.24) is 0 Å². The average Bonchev–Trinajstić information content (AvgIpc) is 2.60. The van der Waals surface area contributed by atoms with Crippen LogP contribution in [-0.4, -0.2) is 34.9 Å². The molecule has 0 radical (unpaired) electrons. The van der Waals surface area contributed by atoms with Crippen LogP contribution in [0.2, 0.25) is 36.3 Å². The minimum absolute atomic E-state index is 0.0445. The van der Waals surface area contributed by atoms with Gasteiger partial charge in [0.2, 0.25) is 0 Å². The van der Waals surface area contributed by atoms with E-state index in [2.05, 4.69) is 54.5 Å². The number of hydrogen-bond acceptors (Lipinski definition) is 3. The predicted octanol–water partition coefficient (Wildman–Crippen LogP) is 5.70. The molecule has 0 fully saturated rings. The number of ether oxygens (including phenoxy) is 1. The number of hydrogen-bond donors (Lipinski definition) is 0. The van der Waals surface area contributed by atoms with Gasteiger partial charge in [-0.25, -0.2) is 0 Å². The van der Waals surface area contributed by atoms with Gasteiger partial charge in [-0.1, -0.05) is 41.5 Å². The second kappa shape index (κ2) is 9.40. The van der Waals surface area contributed by atoms with Crippen LogP contribution in [0.4, 0.5) is 0 Å². The molecule has 0 aromatic heterocycles. The maximum Gasteiger partial charge on any atom is 0.193 e. The van der Waals surface area contributed by atoms with Gasteiger partial charge in [0.15, 0.2) is 16.6 Å². The molecular weight excluding hydrogens is 320 g/mol. The molecule has 5 heteroatoms. The third-order valence-electron chi connectivity index (χ3n) is 5.99. The van der Waals surface area contributed by atoms with E-state index < -0.39 is 16.6 Å². The van der Waals surface area contributed by atoms with E-state index in [1.807, 2.05) is 6.26 Å². The van der Waals surface area contributed by atoms with Gasteiger partial charge in [0.05, 0.1) is 12.4 Å². The molecule has 1 heterocycles. The molecular formula is C18H38O3Si2. The molecule has 3 nitrogen and oxygen atoms in total. The van der Waals surface area contributed by atoms with E-state index in [4.69, 9.17) is 13.6 Å². The smallest absolute Gasteiger partial charge is 0.193 e. The van der Waals surface area contributed by atoms with E-state index in [0.29, 0.717) is 0 Å². The largest absolute Gasteiger partial charge is 0.496 e. The van der Waals surface area contributed by atoms with E-state index in [9.17, 15) is 0 Å². The van der Waals surface area contributed by atoms with Crippen LogP contribution in [0, 0.1) is 0 Å². The highest BCUT2D eigenvalue weighted by molar-refractivity contribution is 6.74. The van der Waals surface area contributed by atoms with Gasteiger partial charge in [-0.15, -0.1) is 0 Å². The molecule has 0 aromatic carbocycles. The van der Waals surface area contributed by atoms with Crippen molar-refractivity contribution in [1.29, 1.82) is 0 Å². The zero-order valence-electron chi connectivity index (χ0n) is 16.4. The average molecular weight is 359 g/mol. The van der Waals surface area contributed by atoms with Crippen LogP contribution < -0.4 is 0 Å². The van der Waals surface area contributed by atoms with E-state index in [0.717, 1.165) is 18.1 Å². The third-order valence-corrected chi connectivity index (χ3v) is 15.3. The summed E-state index contributed by atoms with van der Waals surface area (Å²) in [6.07, 6.45) is 4.08. The summed E-state index contributed by atoms with van der Waals surface area (Å²) in [6.45, 7) is 15.8. The van der Waals surface area contributed by atoms with Gasteiger partial charge in [-0.05, 0) is 49.3 Å². The Balaban J connectivity index is 2.99. The van der Waals surface area contributed by atoms with Crippen molar-refractivity contribution in [2.75, 3.05) is 0 Å². The summed E-state index contributed by atoms with van der Waals surface area (Å²) < 4.78 is 19.3. The Morgan fingerprint density at radius 1 is 0.783 bits per heavy atom. The summed E-state index contributed by atoms with van der Waals surface area (Å²) in [5, 5.41) is 0. The molecule has 136 valence electrons. The monoisotopic (exact) mass is 358 g/mol. The molecule has 0 spiro atoms. The molecule has 1 aliphatic rings. The van der Waals surface area contributed by atoms with Crippen molar-refractivity contribution in [3.8, 4) is 0 Å². The summed E-state index contributed by atoms with van der Waals surface area (Å²) in [6, 6.07) is 7.01. The van der Waals surface area contributed by atoms with Crippen LogP contribution in [-0.2, 0) is 13.6 Å². The van der Waals surface area contributed by atoms with Crippen LogP contribution in [0.25, 0.3) is 0 Å². The Hall–Kier alpha value is -0.106. The Morgan fingerprint density at radius 3 is 1.65 bits per heavy atom. The standard InChI is InChI=1S/C18H38O3Si2/c1-8-22(9-2,10-3)20-17-14-15-19-16(7)18(17)21-23(11-4,12-5)13-6/h14-18H,8-13H2,1-7H3/t16-,17-,18+/m0/s1. The van der Waals surface area contributed by atoms with Crippen LogP contribution in [0.3, 0.4) is 0 Å². The molecule has 0 bridgehead atoms. The summed E-state index contributed by atoms with van der Waals surface area (Å²) in [5.74, 6) is 0. The fraction of sp³-hybridized carbons (Fsp3) is 0.889. The first-order valence-corrected chi connectivity index (χ1v) is 14.7. The molecule has 1 aliphatic heterocycles. The highest BCUT2D eigenvalue weighted by atomic mass is 28.4. The highest BCUT2D eigenvalue weighted by Gasteiger charge is 2.42. The summed E-state index contributed by atoms with van der Waals surface area (Å²) in [7, 11) is -3.33. The molecule has 0 amide bonds. The van der Waals surface area contributed by atoms with Gasteiger partial charge in [-0.2, -0.15) is 0 Å². The Bertz CT molecular complexity index is 349. The predicted molar refractivity (Wildman–Crippen MR) is 104 cm³/mol. The summed E-state index contributed by atoms with van der Waals surface area (Å²) >= 11 is 0. The first-order valence-electron chi connectivity index (χ1n) is 9.63. The van der Waals surface area contributed by atoms with Gasteiger partial charge in [0.1, 0.15) is 12.2 Å². The topological polar surface area (TPSA) is 27.7 Å². The molecule has 3 atom stereocenters. The van der Waals surface area contributed by atoms with Crippen molar-refractivity contribution < 1.29 is 13.6 Å². The summed E-state index contributed by atoms with van der Waals surface area (Å²) in [5.41, 5.74) is 0. The summed E-state index contributed by atoms with van der Waals surface area (Å²) in [4.78, 5) is 0. The van der Waals surface area contributed by atoms with Crippen LogP contribution >= 0.6 is 0 Å². The van der Waals surface area contributed by atoms with Crippen molar-refractivity contribution in [3.05, 3.63) is 12.3 Å². The molecule has 0 aliphatic carbocycles. The third kappa shape index (κ3) is 4.94. The Morgan fingerprint density at radius 2 is 1.22 bits per heavy atom. The van der Waals surface area contributed by atoms with Gasteiger partial charge in [0.25, 0.3) is 0 Å². The fourth-order valence-corrected chi connectivity index (χ4v) is 9.24. The molecule has 0 N–H and O–H groups in total. The Kier molecular flexibility index (Phi) is 8.55. The molecule has 23 heavy (non-hydrogen) atoms. The second-order valence-corrected chi connectivity index (χ2v) is 16.3. The lowest BCUT2D eigenvalue weighted by molar-refractivity contribution is -0.0407. The lowest BCUT2D eigenvalue weighted by Crippen LogP contribution is -2.53. The van der Waals surface area contributed by atoms with E-state index >= 15 is 0 Å². The number of rotatable bonds is 10. The molecule has 0 saturated carbocycles. The molecule has 0 saturated heterocycles. The SMILES string of the molecule is CC[Si](CC)(CC)O[C@@H]1[C@H](C)OC=C[C@@H]1O[Si](CC)(CC)CC. The van der Waals surface area contributed by atoms with Crippen LogP contribution in [0.5, 0.6) is 0 Å².